The largest absolute Gasteiger partial charge is 0.402 e. The molecule has 0 bridgehead atoms. The van der Waals surface area contributed by atoms with Gasteiger partial charge in [0.2, 0.25) is 0 Å². The Morgan fingerprint density at radius 2 is 2.11 bits per heavy atom. The molecule has 1 aliphatic rings. The monoisotopic (exact) mass is 125 g/mol. The number of hydrogen-bond acceptors (Lipinski definition) is 1. The standard InChI is InChI=1S/C8H15N/c1-4-6-7(5(2)3)8(6)9/h5,7H,4,9H2,1-3H3. The van der Waals surface area contributed by atoms with E-state index in [-0.39, 0.29) is 0 Å². The average molecular weight is 125 g/mol. The highest BCUT2D eigenvalue weighted by Gasteiger charge is 2.34. The van der Waals surface area contributed by atoms with E-state index in [2.05, 4.69) is 20.8 Å². The molecule has 52 valence electrons. The number of allylic oxidation sites excluding steroid dienone is 2. The first kappa shape index (κ1) is 6.66. The van der Waals surface area contributed by atoms with Gasteiger partial charge in [0.25, 0.3) is 0 Å². The van der Waals surface area contributed by atoms with Crippen molar-refractivity contribution >= 4 is 0 Å². The SMILES string of the molecule is CCC1=C(N)C1C(C)C. The summed E-state index contributed by atoms with van der Waals surface area (Å²) in [5, 5.41) is 0. The Bertz CT molecular complexity index is 145. The van der Waals surface area contributed by atoms with Gasteiger partial charge in [0.1, 0.15) is 0 Å². The molecule has 1 nitrogen and oxygen atoms in total. The fourth-order valence-electron chi connectivity index (χ4n) is 1.49. The molecule has 0 fully saturated rings. The van der Waals surface area contributed by atoms with Gasteiger partial charge in [0, 0.05) is 11.6 Å². The molecule has 0 aromatic carbocycles. The molecule has 0 spiro atoms. The van der Waals surface area contributed by atoms with Crippen LogP contribution in [0.1, 0.15) is 27.2 Å². The van der Waals surface area contributed by atoms with Gasteiger partial charge in [-0.3, -0.25) is 0 Å². The van der Waals surface area contributed by atoms with Crippen molar-refractivity contribution in [2.45, 2.75) is 27.2 Å². The van der Waals surface area contributed by atoms with E-state index >= 15 is 0 Å². The quantitative estimate of drug-likeness (QED) is 0.599. The first-order chi connectivity index (χ1) is 4.18. The van der Waals surface area contributed by atoms with E-state index in [1.807, 2.05) is 0 Å². The topological polar surface area (TPSA) is 26.0 Å². The summed E-state index contributed by atoms with van der Waals surface area (Å²) in [5.74, 6) is 1.38. The Morgan fingerprint density at radius 3 is 2.22 bits per heavy atom. The lowest BCUT2D eigenvalue weighted by atomic mass is 10.0. The van der Waals surface area contributed by atoms with E-state index in [1.54, 1.807) is 0 Å². The molecule has 9 heavy (non-hydrogen) atoms. The zero-order valence-electron chi connectivity index (χ0n) is 6.44. The summed E-state index contributed by atoms with van der Waals surface area (Å²) in [7, 11) is 0. The maximum atomic E-state index is 5.70. The molecular formula is C8H15N. The maximum absolute atomic E-state index is 5.70. The molecule has 0 saturated carbocycles. The lowest BCUT2D eigenvalue weighted by Gasteiger charge is -2.01. The van der Waals surface area contributed by atoms with Crippen LogP contribution in [0.4, 0.5) is 0 Å². The van der Waals surface area contributed by atoms with Crippen LogP contribution in [0.2, 0.25) is 0 Å². The molecule has 0 aromatic heterocycles. The van der Waals surface area contributed by atoms with Crippen molar-refractivity contribution in [1.29, 1.82) is 0 Å². The van der Waals surface area contributed by atoms with Gasteiger partial charge in [-0.05, 0) is 17.9 Å². The fraction of sp³-hybridized carbons (Fsp3) is 0.750. The summed E-state index contributed by atoms with van der Waals surface area (Å²) in [6.07, 6.45) is 1.15. The van der Waals surface area contributed by atoms with Crippen molar-refractivity contribution in [2.75, 3.05) is 0 Å². The number of rotatable bonds is 2. The van der Waals surface area contributed by atoms with Gasteiger partial charge >= 0.3 is 0 Å². The Hall–Kier alpha value is -0.460. The van der Waals surface area contributed by atoms with E-state index < -0.39 is 0 Å². The van der Waals surface area contributed by atoms with Crippen molar-refractivity contribution in [2.24, 2.45) is 17.6 Å². The maximum Gasteiger partial charge on any atom is 0.0237 e. The Balaban J connectivity index is 2.42. The molecule has 1 unspecified atom stereocenters. The van der Waals surface area contributed by atoms with Crippen molar-refractivity contribution in [3.05, 3.63) is 11.3 Å². The van der Waals surface area contributed by atoms with E-state index in [1.165, 1.54) is 5.57 Å². The van der Waals surface area contributed by atoms with Crippen molar-refractivity contribution < 1.29 is 0 Å². The molecular weight excluding hydrogens is 110 g/mol. The van der Waals surface area contributed by atoms with Crippen LogP contribution in [-0.4, -0.2) is 0 Å². The van der Waals surface area contributed by atoms with Crippen LogP contribution in [0.15, 0.2) is 11.3 Å². The highest BCUT2D eigenvalue weighted by molar-refractivity contribution is 5.38. The summed E-state index contributed by atoms with van der Waals surface area (Å²) in [6.45, 7) is 6.62. The van der Waals surface area contributed by atoms with Crippen LogP contribution in [0.25, 0.3) is 0 Å². The summed E-state index contributed by atoms with van der Waals surface area (Å²) in [4.78, 5) is 0. The van der Waals surface area contributed by atoms with Gasteiger partial charge in [-0.1, -0.05) is 20.8 Å². The van der Waals surface area contributed by atoms with Crippen LogP contribution < -0.4 is 5.73 Å². The molecule has 0 saturated heterocycles. The third-order valence-electron chi connectivity index (χ3n) is 2.05. The Kier molecular flexibility index (Phi) is 1.52. The van der Waals surface area contributed by atoms with Crippen LogP contribution in [0.5, 0.6) is 0 Å². The second-order valence-corrected chi connectivity index (χ2v) is 3.06. The highest BCUT2D eigenvalue weighted by Crippen LogP contribution is 2.42. The minimum absolute atomic E-state index is 0.662. The first-order valence-corrected chi connectivity index (χ1v) is 3.66. The average Bonchev–Trinajstić information content (AvgIpc) is 2.40. The first-order valence-electron chi connectivity index (χ1n) is 3.66. The van der Waals surface area contributed by atoms with Crippen LogP contribution in [0.3, 0.4) is 0 Å². The molecule has 1 rings (SSSR count). The molecule has 0 aromatic rings. The summed E-state index contributed by atoms with van der Waals surface area (Å²) in [5.41, 5.74) is 8.35. The predicted molar refractivity (Wildman–Crippen MR) is 39.8 cm³/mol. The Labute approximate surface area is 56.9 Å². The summed E-state index contributed by atoms with van der Waals surface area (Å²) >= 11 is 0. The van der Waals surface area contributed by atoms with E-state index in [4.69, 9.17) is 5.73 Å². The second kappa shape index (κ2) is 2.05. The van der Waals surface area contributed by atoms with Crippen molar-refractivity contribution in [1.82, 2.24) is 0 Å². The number of nitrogens with two attached hydrogens (primary N) is 1. The molecule has 1 atom stereocenters. The van der Waals surface area contributed by atoms with Gasteiger partial charge in [-0.15, -0.1) is 0 Å². The van der Waals surface area contributed by atoms with Gasteiger partial charge < -0.3 is 5.73 Å². The zero-order chi connectivity index (χ0) is 7.02. The molecule has 0 aliphatic heterocycles. The lowest BCUT2D eigenvalue weighted by Crippen LogP contribution is -1.98. The molecule has 1 aliphatic carbocycles. The van der Waals surface area contributed by atoms with Gasteiger partial charge in [0.15, 0.2) is 0 Å². The van der Waals surface area contributed by atoms with E-state index in [0.29, 0.717) is 5.92 Å². The molecule has 1 heteroatoms. The van der Waals surface area contributed by atoms with Gasteiger partial charge in [0.05, 0.1) is 0 Å². The van der Waals surface area contributed by atoms with Gasteiger partial charge in [-0.25, -0.2) is 0 Å². The van der Waals surface area contributed by atoms with E-state index in [0.717, 1.165) is 18.0 Å². The summed E-state index contributed by atoms with van der Waals surface area (Å²) in [6, 6.07) is 0. The minimum Gasteiger partial charge on any atom is -0.402 e. The third-order valence-corrected chi connectivity index (χ3v) is 2.05. The van der Waals surface area contributed by atoms with Crippen molar-refractivity contribution in [3.8, 4) is 0 Å². The molecule has 0 heterocycles. The van der Waals surface area contributed by atoms with Crippen LogP contribution in [0, 0.1) is 11.8 Å². The Morgan fingerprint density at radius 1 is 1.56 bits per heavy atom. The lowest BCUT2D eigenvalue weighted by molar-refractivity contribution is 0.568. The summed E-state index contributed by atoms with van der Waals surface area (Å²) < 4.78 is 0. The third kappa shape index (κ3) is 0.958. The molecule has 0 radical (unpaired) electrons. The fourth-order valence-corrected chi connectivity index (χ4v) is 1.49. The molecule has 2 N–H and O–H groups in total. The van der Waals surface area contributed by atoms with Gasteiger partial charge in [-0.2, -0.15) is 0 Å². The zero-order valence-corrected chi connectivity index (χ0v) is 6.44. The van der Waals surface area contributed by atoms with Crippen LogP contribution >= 0.6 is 0 Å². The number of hydrogen-bond donors (Lipinski definition) is 1. The smallest absolute Gasteiger partial charge is 0.0237 e. The predicted octanol–water partition coefficient (Wildman–Crippen LogP) is 1.90. The normalized spacial score (nSPS) is 25.6. The van der Waals surface area contributed by atoms with E-state index in [9.17, 15) is 0 Å². The second-order valence-electron chi connectivity index (χ2n) is 3.06. The van der Waals surface area contributed by atoms with Crippen molar-refractivity contribution in [3.63, 3.8) is 0 Å². The molecule has 0 amide bonds. The van der Waals surface area contributed by atoms with Crippen LogP contribution in [-0.2, 0) is 0 Å². The minimum atomic E-state index is 0.662. The highest BCUT2D eigenvalue weighted by atomic mass is 14.7.